The number of carbonyl (C=O) groups excluding carboxylic acids is 2. The minimum atomic E-state index is -0.548. The van der Waals surface area contributed by atoms with Gasteiger partial charge >= 0.3 is 0 Å². The van der Waals surface area contributed by atoms with Crippen LogP contribution in [0.3, 0.4) is 0 Å². The van der Waals surface area contributed by atoms with Crippen molar-refractivity contribution in [2.45, 2.75) is 19.9 Å². The standard InChI is InChI=1S/C17H21N5O2/c1-11-4-3-5-15(20-11)21-6-7-22(12(2)10-21)17(24)14-8-13(9-19-14)16(18)23/h3-5,8-9,12,19H,6-7,10H2,1-2H3,(H2,18,23). The highest BCUT2D eigenvalue weighted by Gasteiger charge is 2.29. The molecule has 1 fully saturated rings. The lowest BCUT2D eigenvalue weighted by Crippen LogP contribution is -2.54. The molecule has 2 aromatic heterocycles. The molecule has 0 bridgehead atoms. The summed E-state index contributed by atoms with van der Waals surface area (Å²) >= 11 is 0. The number of nitrogens with one attached hydrogen (secondary N) is 1. The van der Waals surface area contributed by atoms with E-state index in [-0.39, 0.29) is 11.9 Å². The van der Waals surface area contributed by atoms with Crippen molar-refractivity contribution in [3.63, 3.8) is 0 Å². The zero-order valence-corrected chi connectivity index (χ0v) is 13.8. The molecule has 3 N–H and O–H groups in total. The molecule has 1 atom stereocenters. The second kappa shape index (κ2) is 6.35. The molecule has 2 aromatic rings. The number of rotatable bonds is 3. The van der Waals surface area contributed by atoms with Crippen LogP contribution >= 0.6 is 0 Å². The highest BCUT2D eigenvalue weighted by molar-refractivity contribution is 5.98. The van der Waals surface area contributed by atoms with Crippen LogP contribution in [-0.4, -0.2) is 52.4 Å². The average molecular weight is 327 g/mol. The third-order valence-corrected chi connectivity index (χ3v) is 4.28. The molecule has 3 rings (SSSR count). The molecule has 0 spiro atoms. The number of H-pyrrole nitrogens is 1. The lowest BCUT2D eigenvalue weighted by Gasteiger charge is -2.40. The lowest BCUT2D eigenvalue weighted by molar-refractivity contribution is 0.0668. The molecule has 0 saturated carbocycles. The number of aromatic amines is 1. The zero-order valence-electron chi connectivity index (χ0n) is 13.8. The normalized spacial score (nSPS) is 17.8. The van der Waals surface area contributed by atoms with Crippen LogP contribution < -0.4 is 10.6 Å². The van der Waals surface area contributed by atoms with E-state index in [0.717, 1.165) is 18.1 Å². The summed E-state index contributed by atoms with van der Waals surface area (Å²) in [6, 6.07) is 7.49. The molecule has 1 unspecified atom stereocenters. The van der Waals surface area contributed by atoms with Crippen molar-refractivity contribution in [1.82, 2.24) is 14.9 Å². The van der Waals surface area contributed by atoms with Gasteiger partial charge in [-0.15, -0.1) is 0 Å². The van der Waals surface area contributed by atoms with E-state index in [1.165, 1.54) is 12.3 Å². The van der Waals surface area contributed by atoms with Gasteiger partial charge in [-0.25, -0.2) is 4.98 Å². The Hall–Kier alpha value is -2.83. The highest BCUT2D eigenvalue weighted by atomic mass is 16.2. The number of hydrogen-bond acceptors (Lipinski definition) is 4. The lowest BCUT2D eigenvalue weighted by atomic mass is 10.1. The van der Waals surface area contributed by atoms with E-state index in [2.05, 4.69) is 14.9 Å². The number of primary amides is 1. The number of aromatic nitrogens is 2. The summed E-state index contributed by atoms with van der Waals surface area (Å²) < 4.78 is 0. The van der Waals surface area contributed by atoms with Gasteiger partial charge in [0.1, 0.15) is 11.5 Å². The van der Waals surface area contributed by atoms with E-state index < -0.39 is 5.91 Å². The third kappa shape index (κ3) is 3.10. The quantitative estimate of drug-likeness (QED) is 0.884. The van der Waals surface area contributed by atoms with E-state index >= 15 is 0 Å². The van der Waals surface area contributed by atoms with Gasteiger partial charge in [-0.05, 0) is 32.0 Å². The van der Waals surface area contributed by atoms with Crippen LogP contribution in [0.15, 0.2) is 30.5 Å². The number of piperazine rings is 1. The zero-order chi connectivity index (χ0) is 17.3. The number of nitrogens with zero attached hydrogens (tertiary/aromatic N) is 3. The van der Waals surface area contributed by atoms with Crippen LogP contribution in [0, 0.1) is 6.92 Å². The van der Waals surface area contributed by atoms with Crippen molar-refractivity contribution >= 4 is 17.6 Å². The molecule has 2 amide bonds. The van der Waals surface area contributed by atoms with Crippen molar-refractivity contribution in [2.75, 3.05) is 24.5 Å². The van der Waals surface area contributed by atoms with Crippen LogP contribution in [0.1, 0.15) is 33.5 Å². The number of anilines is 1. The summed E-state index contributed by atoms with van der Waals surface area (Å²) in [5.74, 6) is 0.269. The Kier molecular flexibility index (Phi) is 4.24. The fraction of sp³-hybridized carbons (Fsp3) is 0.353. The fourth-order valence-electron chi connectivity index (χ4n) is 2.99. The van der Waals surface area contributed by atoms with E-state index in [0.29, 0.717) is 24.3 Å². The van der Waals surface area contributed by atoms with Gasteiger partial charge in [-0.3, -0.25) is 9.59 Å². The van der Waals surface area contributed by atoms with Crippen LogP contribution in [-0.2, 0) is 0 Å². The molecule has 0 aromatic carbocycles. The smallest absolute Gasteiger partial charge is 0.270 e. The largest absolute Gasteiger partial charge is 0.366 e. The molecular weight excluding hydrogens is 306 g/mol. The summed E-state index contributed by atoms with van der Waals surface area (Å²) in [5.41, 5.74) is 6.91. The topological polar surface area (TPSA) is 95.3 Å². The van der Waals surface area contributed by atoms with Crippen molar-refractivity contribution in [3.05, 3.63) is 47.4 Å². The Morgan fingerprint density at radius 3 is 2.75 bits per heavy atom. The Bertz CT molecular complexity index is 770. The van der Waals surface area contributed by atoms with Gasteiger partial charge in [0.2, 0.25) is 5.91 Å². The number of carbonyl (C=O) groups is 2. The molecule has 0 aliphatic carbocycles. The van der Waals surface area contributed by atoms with Crippen molar-refractivity contribution in [3.8, 4) is 0 Å². The molecule has 1 saturated heterocycles. The maximum absolute atomic E-state index is 12.7. The Labute approximate surface area is 140 Å². The maximum atomic E-state index is 12.7. The number of aryl methyl sites for hydroxylation is 1. The summed E-state index contributed by atoms with van der Waals surface area (Å²) in [5, 5.41) is 0. The molecular formula is C17H21N5O2. The molecule has 3 heterocycles. The Balaban J connectivity index is 1.71. The molecule has 24 heavy (non-hydrogen) atoms. The van der Waals surface area contributed by atoms with Crippen LogP contribution in [0.5, 0.6) is 0 Å². The first-order chi connectivity index (χ1) is 11.5. The molecule has 126 valence electrons. The van der Waals surface area contributed by atoms with Crippen molar-refractivity contribution in [1.29, 1.82) is 0 Å². The molecule has 0 radical (unpaired) electrons. The number of nitrogens with two attached hydrogens (primary N) is 1. The first kappa shape index (κ1) is 16.0. The first-order valence-corrected chi connectivity index (χ1v) is 7.93. The predicted molar refractivity (Wildman–Crippen MR) is 91.0 cm³/mol. The van der Waals surface area contributed by atoms with Gasteiger partial charge < -0.3 is 20.5 Å². The van der Waals surface area contributed by atoms with Crippen LogP contribution in [0.25, 0.3) is 0 Å². The second-order valence-electron chi connectivity index (χ2n) is 6.10. The maximum Gasteiger partial charge on any atom is 0.270 e. The monoisotopic (exact) mass is 327 g/mol. The van der Waals surface area contributed by atoms with Gasteiger partial charge in [-0.1, -0.05) is 6.07 Å². The van der Waals surface area contributed by atoms with Gasteiger partial charge in [-0.2, -0.15) is 0 Å². The predicted octanol–water partition coefficient (Wildman–Crippen LogP) is 1.17. The Morgan fingerprint density at radius 1 is 1.33 bits per heavy atom. The molecule has 7 heteroatoms. The molecule has 7 nitrogen and oxygen atoms in total. The van der Waals surface area contributed by atoms with E-state index in [4.69, 9.17) is 5.73 Å². The van der Waals surface area contributed by atoms with Crippen LogP contribution in [0.2, 0.25) is 0 Å². The average Bonchev–Trinajstić information content (AvgIpc) is 3.04. The van der Waals surface area contributed by atoms with E-state index in [1.807, 2.05) is 36.9 Å². The summed E-state index contributed by atoms with van der Waals surface area (Å²) in [4.78, 5) is 35.2. The number of amides is 2. The van der Waals surface area contributed by atoms with Gasteiger partial charge in [0.05, 0.1) is 5.56 Å². The van der Waals surface area contributed by atoms with Crippen molar-refractivity contribution in [2.24, 2.45) is 5.73 Å². The van der Waals surface area contributed by atoms with E-state index in [9.17, 15) is 9.59 Å². The Morgan fingerprint density at radius 2 is 2.12 bits per heavy atom. The second-order valence-corrected chi connectivity index (χ2v) is 6.10. The van der Waals surface area contributed by atoms with Crippen LogP contribution in [0.4, 0.5) is 5.82 Å². The molecule has 1 aliphatic heterocycles. The SMILES string of the molecule is Cc1cccc(N2CCN(C(=O)c3cc(C(N)=O)c[nH]3)C(C)C2)n1. The minimum Gasteiger partial charge on any atom is -0.366 e. The third-order valence-electron chi connectivity index (χ3n) is 4.28. The van der Waals surface area contributed by atoms with Gasteiger partial charge in [0.15, 0.2) is 0 Å². The number of pyridine rings is 1. The summed E-state index contributed by atoms with van der Waals surface area (Å²) in [6.45, 7) is 6.01. The molecule has 1 aliphatic rings. The van der Waals surface area contributed by atoms with Crippen molar-refractivity contribution < 1.29 is 9.59 Å². The summed E-state index contributed by atoms with van der Waals surface area (Å²) in [7, 11) is 0. The van der Waals surface area contributed by atoms with E-state index in [1.54, 1.807) is 0 Å². The first-order valence-electron chi connectivity index (χ1n) is 7.93. The van der Waals surface area contributed by atoms with Gasteiger partial charge in [0, 0.05) is 37.6 Å². The summed E-state index contributed by atoms with van der Waals surface area (Å²) in [6.07, 6.45) is 1.47. The fourth-order valence-corrected chi connectivity index (χ4v) is 2.99. The van der Waals surface area contributed by atoms with Gasteiger partial charge in [0.25, 0.3) is 5.91 Å². The highest BCUT2D eigenvalue weighted by Crippen LogP contribution is 2.19. The number of hydrogen-bond donors (Lipinski definition) is 2. The minimum absolute atomic E-state index is 0.0360.